The summed E-state index contributed by atoms with van der Waals surface area (Å²) in [6.45, 7) is 3.30. The molecule has 1 aromatic rings. The number of hydrogen-bond acceptors (Lipinski definition) is 3. The molecule has 0 spiro atoms. The number of rotatable bonds is 4. The van der Waals surface area contributed by atoms with Crippen LogP contribution in [0.25, 0.3) is 0 Å². The van der Waals surface area contributed by atoms with Crippen molar-refractivity contribution in [1.29, 1.82) is 0 Å². The Morgan fingerprint density at radius 1 is 1.56 bits per heavy atom. The molecule has 2 heterocycles. The molecular weight excluding hydrogens is 200 g/mol. The maximum absolute atomic E-state index is 4.14. The fourth-order valence-corrected chi connectivity index (χ4v) is 2.33. The van der Waals surface area contributed by atoms with Gasteiger partial charge in [0.15, 0.2) is 0 Å². The highest BCUT2D eigenvalue weighted by molar-refractivity contribution is 4.97. The summed E-state index contributed by atoms with van der Waals surface area (Å²) in [5.41, 5.74) is 1.28. The van der Waals surface area contributed by atoms with E-state index >= 15 is 0 Å². The molecule has 2 rings (SSSR count). The monoisotopic (exact) mass is 222 g/mol. The van der Waals surface area contributed by atoms with Crippen molar-refractivity contribution in [2.45, 2.75) is 31.8 Å². The molecule has 0 aliphatic carbocycles. The summed E-state index contributed by atoms with van der Waals surface area (Å²) < 4.78 is 2.09. The maximum Gasteiger partial charge on any atom is 0.0945 e. The van der Waals surface area contributed by atoms with Crippen molar-refractivity contribution in [3.05, 3.63) is 18.2 Å². The van der Waals surface area contributed by atoms with Crippen molar-refractivity contribution in [3.63, 3.8) is 0 Å². The van der Waals surface area contributed by atoms with Crippen LogP contribution >= 0.6 is 0 Å². The van der Waals surface area contributed by atoms with Crippen LogP contribution in [-0.4, -0.2) is 40.6 Å². The Hall–Kier alpha value is -0.870. The van der Waals surface area contributed by atoms with Gasteiger partial charge in [0.1, 0.15) is 0 Å². The van der Waals surface area contributed by atoms with Gasteiger partial charge in [-0.05, 0) is 26.4 Å². The van der Waals surface area contributed by atoms with Crippen LogP contribution in [0, 0.1) is 0 Å². The molecule has 16 heavy (non-hydrogen) atoms. The van der Waals surface area contributed by atoms with Gasteiger partial charge in [0.05, 0.1) is 12.0 Å². The van der Waals surface area contributed by atoms with Gasteiger partial charge in [-0.1, -0.05) is 6.42 Å². The molecule has 1 N–H and O–H groups in total. The molecule has 4 heteroatoms. The van der Waals surface area contributed by atoms with E-state index in [1.807, 2.05) is 12.5 Å². The molecule has 1 aromatic heterocycles. The molecule has 90 valence electrons. The highest BCUT2D eigenvalue weighted by Crippen LogP contribution is 2.09. The van der Waals surface area contributed by atoms with E-state index in [0.29, 0.717) is 6.04 Å². The predicted octanol–water partition coefficient (Wildman–Crippen LogP) is 0.994. The molecule has 0 amide bonds. The molecule has 0 aromatic carbocycles. The fraction of sp³-hybridized carbons (Fsp3) is 0.750. The number of aryl methyl sites for hydroxylation is 1. The van der Waals surface area contributed by atoms with Gasteiger partial charge in [0.25, 0.3) is 0 Å². The minimum atomic E-state index is 0.673. The number of nitrogens with one attached hydrogen (secondary N) is 1. The molecule has 1 atom stereocenters. The van der Waals surface area contributed by atoms with E-state index in [2.05, 4.69) is 33.9 Å². The Balaban J connectivity index is 1.79. The average Bonchev–Trinajstić information content (AvgIpc) is 2.66. The maximum atomic E-state index is 4.14. The first-order chi connectivity index (χ1) is 7.75. The molecule has 0 bridgehead atoms. The first-order valence-corrected chi connectivity index (χ1v) is 6.13. The van der Waals surface area contributed by atoms with E-state index in [9.17, 15) is 0 Å². The van der Waals surface area contributed by atoms with Crippen molar-refractivity contribution < 1.29 is 0 Å². The van der Waals surface area contributed by atoms with Crippen molar-refractivity contribution in [1.82, 2.24) is 19.8 Å². The summed E-state index contributed by atoms with van der Waals surface area (Å²) >= 11 is 0. The van der Waals surface area contributed by atoms with Gasteiger partial charge in [-0.25, -0.2) is 4.98 Å². The Labute approximate surface area is 97.7 Å². The summed E-state index contributed by atoms with van der Waals surface area (Å²) in [6.07, 6.45) is 7.84. The van der Waals surface area contributed by atoms with Gasteiger partial charge in [0, 0.05) is 32.4 Å². The topological polar surface area (TPSA) is 33.1 Å². The molecule has 1 aliphatic rings. The zero-order valence-corrected chi connectivity index (χ0v) is 10.3. The van der Waals surface area contributed by atoms with Gasteiger partial charge in [-0.15, -0.1) is 0 Å². The first-order valence-electron chi connectivity index (χ1n) is 6.13. The van der Waals surface area contributed by atoms with E-state index in [0.717, 1.165) is 13.1 Å². The summed E-state index contributed by atoms with van der Waals surface area (Å²) in [5.74, 6) is 0. The lowest BCUT2D eigenvalue weighted by Crippen LogP contribution is -2.42. The van der Waals surface area contributed by atoms with Gasteiger partial charge in [-0.2, -0.15) is 0 Å². The van der Waals surface area contributed by atoms with Gasteiger partial charge in [0.2, 0.25) is 0 Å². The molecule has 1 fully saturated rings. The summed E-state index contributed by atoms with van der Waals surface area (Å²) in [6, 6.07) is 0.673. The van der Waals surface area contributed by atoms with Crippen molar-refractivity contribution >= 4 is 0 Å². The molecule has 1 saturated heterocycles. The number of likely N-dealkylation sites (N-methyl/N-ethyl adjacent to an activating group) is 1. The van der Waals surface area contributed by atoms with Crippen LogP contribution in [-0.2, 0) is 13.6 Å². The SMILES string of the molecule is CN(Cc1cncn1C)CC1CCCCN1. The van der Waals surface area contributed by atoms with Gasteiger partial charge in [-0.3, -0.25) is 4.90 Å². The number of piperidine rings is 1. The zero-order chi connectivity index (χ0) is 11.4. The molecule has 0 saturated carbocycles. The quantitative estimate of drug-likeness (QED) is 0.825. The van der Waals surface area contributed by atoms with Crippen LogP contribution < -0.4 is 5.32 Å². The van der Waals surface area contributed by atoms with E-state index in [-0.39, 0.29) is 0 Å². The lowest BCUT2D eigenvalue weighted by atomic mass is 10.0. The smallest absolute Gasteiger partial charge is 0.0945 e. The van der Waals surface area contributed by atoms with E-state index in [1.165, 1.54) is 31.5 Å². The third-order valence-electron chi connectivity index (χ3n) is 3.29. The van der Waals surface area contributed by atoms with Crippen LogP contribution in [0.5, 0.6) is 0 Å². The lowest BCUT2D eigenvalue weighted by molar-refractivity contribution is 0.252. The van der Waals surface area contributed by atoms with Crippen molar-refractivity contribution in [2.75, 3.05) is 20.1 Å². The molecular formula is C12H22N4. The van der Waals surface area contributed by atoms with Crippen LogP contribution in [0.4, 0.5) is 0 Å². The molecule has 0 radical (unpaired) electrons. The lowest BCUT2D eigenvalue weighted by Gasteiger charge is -2.28. The third kappa shape index (κ3) is 3.06. The van der Waals surface area contributed by atoms with E-state index in [1.54, 1.807) is 0 Å². The summed E-state index contributed by atoms with van der Waals surface area (Å²) in [7, 11) is 4.23. The second-order valence-electron chi connectivity index (χ2n) is 4.84. The Morgan fingerprint density at radius 2 is 2.44 bits per heavy atom. The Morgan fingerprint density at radius 3 is 3.06 bits per heavy atom. The Bertz CT molecular complexity index is 315. The predicted molar refractivity (Wildman–Crippen MR) is 65.2 cm³/mol. The van der Waals surface area contributed by atoms with Gasteiger partial charge >= 0.3 is 0 Å². The molecule has 1 unspecified atom stereocenters. The number of hydrogen-bond donors (Lipinski definition) is 1. The number of aromatic nitrogens is 2. The second-order valence-corrected chi connectivity index (χ2v) is 4.84. The minimum Gasteiger partial charge on any atom is -0.337 e. The normalized spacial score (nSPS) is 21.6. The second kappa shape index (κ2) is 5.46. The van der Waals surface area contributed by atoms with E-state index < -0.39 is 0 Å². The minimum absolute atomic E-state index is 0.673. The molecule has 4 nitrogen and oxygen atoms in total. The van der Waals surface area contributed by atoms with Crippen LogP contribution in [0.15, 0.2) is 12.5 Å². The fourth-order valence-electron chi connectivity index (χ4n) is 2.33. The number of nitrogens with zero attached hydrogens (tertiary/aromatic N) is 3. The summed E-state index contributed by atoms with van der Waals surface area (Å²) in [4.78, 5) is 6.52. The highest BCUT2D eigenvalue weighted by Gasteiger charge is 2.14. The van der Waals surface area contributed by atoms with E-state index in [4.69, 9.17) is 0 Å². The largest absolute Gasteiger partial charge is 0.337 e. The zero-order valence-electron chi connectivity index (χ0n) is 10.3. The first kappa shape index (κ1) is 11.6. The van der Waals surface area contributed by atoms with Crippen LogP contribution in [0.2, 0.25) is 0 Å². The number of imidazole rings is 1. The van der Waals surface area contributed by atoms with Crippen LogP contribution in [0.3, 0.4) is 0 Å². The average molecular weight is 222 g/mol. The Kier molecular flexibility index (Phi) is 3.96. The van der Waals surface area contributed by atoms with Gasteiger partial charge < -0.3 is 9.88 Å². The van der Waals surface area contributed by atoms with Crippen molar-refractivity contribution in [2.24, 2.45) is 7.05 Å². The standard InChI is InChI=1S/C12H22N4/c1-15(8-11-5-3-4-6-14-11)9-12-7-13-10-16(12)2/h7,10-11,14H,3-6,8-9H2,1-2H3. The highest BCUT2D eigenvalue weighted by atomic mass is 15.2. The van der Waals surface area contributed by atoms with Crippen LogP contribution in [0.1, 0.15) is 25.0 Å². The third-order valence-corrected chi connectivity index (χ3v) is 3.29. The van der Waals surface area contributed by atoms with Crippen molar-refractivity contribution in [3.8, 4) is 0 Å². The molecule has 1 aliphatic heterocycles. The summed E-state index contributed by atoms with van der Waals surface area (Å²) in [5, 5.41) is 3.58.